The van der Waals surface area contributed by atoms with Crippen LogP contribution in [0.1, 0.15) is 41.0 Å². The average Bonchev–Trinajstić information content (AvgIpc) is 2.43. The third-order valence-corrected chi connectivity index (χ3v) is 2.69. The number of carbonyl (C=O) groups is 2. The number of nitrogens with zero attached hydrogens (tertiary/aromatic N) is 1. The van der Waals surface area contributed by atoms with E-state index in [9.17, 15) is 9.59 Å². The van der Waals surface area contributed by atoms with Crippen LogP contribution in [0.15, 0.2) is 0 Å². The number of likely N-dealkylation sites (tertiary alicyclic amines) is 1. The van der Waals surface area contributed by atoms with E-state index in [0.717, 1.165) is 0 Å². The summed E-state index contributed by atoms with van der Waals surface area (Å²) in [6, 6.07) is -0.181. The molecule has 1 aliphatic heterocycles. The number of carbonyl (C=O) groups excluding carboxylic acids is 2. The Kier molecular flexibility index (Phi) is 4.01. The van der Waals surface area contributed by atoms with Gasteiger partial charge in [0.15, 0.2) is 0 Å². The van der Waals surface area contributed by atoms with Crippen LogP contribution >= 0.6 is 0 Å². The minimum absolute atomic E-state index is 0.0829. The van der Waals surface area contributed by atoms with Gasteiger partial charge >= 0.3 is 6.03 Å². The fourth-order valence-electron chi connectivity index (χ4n) is 1.94. The van der Waals surface area contributed by atoms with Gasteiger partial charge in [-0.2, -0.15) is 0 Å². The van der Waals surface area contributed by atoms with Crippen molar-refractivity contribution in [2.75, 3.05) is 6.54 Å². The number of amides is 3. The van der Waals surface area contributed by atoms with E-state index in [1.165, 1.54) is 0 Å². The molecule has 0 aromatic rings. The number of hydrogen-bond donors (Lipinski definition) is 2. The van der Waals surface area contributed by atoms with Gasteiger partial charge in [-0.15, -0.1) is 0 Å². The second-order valence-electron chi connectivity index (χ2n) is 5.85. The van der Waals surface area contributed by atoms with Crippen molar-refractivity contribution in [1.29, 1.82) is 0 Å². The van der Waals surface area contributed by atoms with Gasteiger partial charge in [-0.05, 0) is 34.6 Å². The first-order chi connectivity index (χ1) is 7.70. The first-order valence-electron chi connectivity index (χ1n) is 6.07. The van der Waals surface area contributed by atoms with E-state index in [1.54, 1.807) is 0 Å². The fraction of sp³-hybridized carbons (Fsp3) is 0.833. The molecule has 0 unspecified atom stereocenters. The van der Waals surface area contributed by atoms with Crippen LogP contribution in [-0.2, 0) is 4.79 Å². The van der Waals surface area contributed by atoms with Crippen LogP contribution in [0.5, 0.6) is 0 Å². The van der Waals surface area contributed by atoms with Crippen LogP contribution in [0.3, 0.4) is 0 Å². The normalized spacial score (nSPS) is 20.9. The first-order valence-corrected chi connectivity index (χ1v) is 6.07. The molecule has 1 saturated heterocycles. The second-order valence-corrected chi connectivity index (χ2v) is 5.85. The van der Waals surface area contributed by atoms with E-state index in [1.807, 2.05) is 39.5 Å². The molecule has 1 heterocycles. The van der Waals surface area contributed by atoms with Crippen LogP contribution in [0.25, 0.3) is 0 Å². The van der Waals surface area contributed by atoms with Crippen LogP contribution in [0, 0.1) is 0 Å². The summed E-state index contributed by atoms with van der Waals surface area (Å²) in [6.45, 7) is 10.4. The number of hydrogen-bond acceptors (Lipinski definition) is 2. The van der Waals surface area contributed by atoms with E-state index in [2.05, 4.69) is 10.6 Å². The molecular weight excluding hydrogens is 218 g/mol. The summed E-state index contributed by atoms with van der Waals surface area (Å²) in [5.41, 5.74) is -0.179. The number of rotatable bonds is 2. The second kappa shape index (κ2) is 4.94. The van der Waals surface area contributed by atoms with Gasteiger partial charge in [0, 0.05) is 24.5 Å². The van der Waals surface area contributed by atoms with Gasteiger partial charge in [0.25, 0.3) is 0 Å². The highest BCUT2D eigenvalue weighted by Crippen LogP contribution is 2.21. The molecule has 1 atom stereocenters. The molecule has 2 N–H and O–H groups in total. The maximum Gasteiger partial charge on any atom is 0.315 e. The lowest BCUT2D eigenvalue weighted by atomic mass is 10.1. The topological polar surface area (TPSA) is 61.4 Å². The highest BCUT2D eigenvalue weighted by atomic mass is 16.2. The summed E-state index contributed by atoms with van der Waals surface area (Å²) >= 11 is 0. The molecule has 0 bridgehead atoms. The molecule has 3 amide bonds. The summed E-state index contributed by atoms with van der Waals surface area (Å²) in [7, 11) is 0. The lowest BCUT2D eigenvalue weighted by Gasteiger charge is -2.32. The maximum absolute atomic E-state index is 11.8. The van der Waals surface area contributed by atoms with Gasteiger partial charge in [-0.1, -0.05) is 0 Å². The summed E-state index contributed by atoms with van der Waals surface area (Å²) in [6.07, 6.45) is 0.392. The molecule has 5 heteroatoms. The van der Waals surface area contributed by atoms with Crippen LogP contribution in [0.2, 0.25) is 0 Å². The lowest BCUT2D eigenvalue weighted by molar-refractivity contribution is -0.131. The quantitative estimate of drug-likeness (QED) is 0.760. The minimum Gasteiger partial charge on any atom is -0.336 e. The Labute approximate surface area is 103 Å². The van der Waals surface area contributed by atoms with E-state index < -0.39 is 0 Å². The fourth-order valence-corrected chi connectivity index (χ4v) is 1.94. The zero-order chi connectivity index (χ0) is 13.2. The zero-order valence-electron chi connectivity index (χ0n) is 11.3. The summed E-state index contributed by atoms with van der Waals surface area (Å²) in [5, 5.41) is 5.59. The molecule has 1 fully saturated rings. The molecule has 1 rings (SSSR count). The molecule has 0 aliphatic carbocycles. The maximum atomic E-state index is 11.8. The Hall–Kier alpha value is -1.26. The van der Waals surface area contributed by atoms with Crippen molar-refractivity contribution in [3.63, 3.8) is 0 Å². The molecule has 0 saturated carbocycles. The zero-order valence-corrected chi connectivity index (χ0v) is 11.3. The van der Waals surface area contributed by atoms with E-state index in [0.29, 0.717) is 13.0 Å². The molecule has 98 valence electrons. The van der Waals surface area contributed by atoms with Crippen LogP contribution in [-0.4, -0.2) is 41.0 Å². The van der Waals surface area contributed by atoms with E-state index in [-0.39, 0.29) is 29.6 Å². The Morgan fingerprint density at radius 3 is 2.41 bits per heavy atom. The predicted octanol–water partition coefficient (Wildman–Crippen LogP) is 1.09. The highest BCUT2D eigenvalue weighted by molar-refractivity contribution is 5.82. The Balaban J connectivity index is 2.50. The third kappa shape index (κ3) is 3.91. The van der Waals surface area contributed by atoms with Gasteiger partial charge < -0.3 is 15.5 Å². The van der Waals surface area contributed by atoms with Crippen molar-refractivity contribution in [3.05, 3.63) is 0 Å². The minimum atomic E-state index is -0.200. The SMILES string of the molecule is CC(C)NC(=O)N[C@H]1CC(=O)N(C(C)(C)C)C1. The monoisotopic (exact) mass is 241 g/mol. The molecular formula is C12H23N3O2. The largest absolute Gasteiger partial charge is 0.336 e. The number of nitrogens with one attached hydrogen (secondary N) is 2. The van der Waals surface area contributed by atoms with Crippen LogP contribution in [0.4, 0.5) is 4.79 Å². The van der Waals surface area contributed by atoms with Crippen molar-refractivity contribution >= 4 is 11.9 Å². The van der Waals surface area contributed by atoms with Crippen molar-refractivity contribution in [1.82, 2.24) is 15.5 Å². The lowest BCUT2D eigenvalue weighted by Crippen LogP contribution is -2.47. The predicted molar refractivity (Wildman–Crippen MR) is 66.7 cm³/mol. The molecule has 0 spiro atoms. The average molecular weight is 241 g/mol. The van der Waals surface area contributed by atoms with Crippen LogP contribution < -0.4 is 10.6 Å². The molecule has 1 aliphatic rings. The molecule has 0 radical (unpaired) electrons. The third-order valence-electron chi connectivity index (χ3n) is 2.69. The molecule has 17 heavy (non-hydrogen) atoms. The molecule has 5 nitrogen and oxygen atoms in total. The Bertz CT molecular complexity index is 307. The first kappa shape index (κ1) is 13.8. The summed E-state index contributed by atoms with van der Waals surface area (Å²) in [4.78, 5) is 25.1. The van der Waals surface area contributed by atoms with E-state index in [4.69, 9.17) is 0 Å². The summed E-state index contributed by atoms with van der Waals surface area (Å²) < 4.78 is 0. The highest BCUT2D eigenvalue weighted by Gasteiger charge is 2.36. The Morgan fingerprint density at radius 2 is 2.00 bits per heavy atom. The van der Waals surface area contributed by atoms with Gasteiger partial charge in [-0.25, -0.2) is 4.79 Å². The van der Waals surface area contributed by atoms with Crippen molar-refractivity contribution in [2.24, 2.45) is 0 Å². The van der Waals surface area contributed by atoms with Gasteiger partial charge in [0.05, 0.1) is 6.04 Å². The number of urea groups is 1. The van der Waals surface area contributed by atoms with Crippen molar-refractivity contribution < 1.29 is 9.59 Å². The molecule has 0 aromatic carbocycles. The van der Waals surface area contributed by atoms with Gasteiger partial charge in [-0.3, -0.25) is 4.79 Å². The van der Waals surface area contributed by atoms with Gasteiger partial charge in [0.2, 0.25) is 5.91 Å². The standard InChI is InChI=1S/C12H23N3O2/c1-8(2)13-11(17)14-9-6-10(16)15(7-9)12(3,4)5/h8-9H,6-7H2,1-5H3,(H2,13,14,17)/t9-/m0/s1. The van der Waals surface area contributed by atoms with E-state index >= 15 is 0 Å². The summed E-state index contributed by atoms with van der Waals surface area (Å²) in [5.74, 6) is 0.104. The smallest absolute Gasteiger partial charge is 0.315 e. The Morgan fingerprint density at radius 1 is 1.41 bits per heavy atom. The molecule has 0 aromatic heterocycles. The van der Waals surface area contributed by atoms with Crippen molar-refractivity contribution in [2.45, 2.75) is 58.7 Å². The van der Waals surface area contributed by atoms with Crippen molar-refractivity contribution in [3.8, 4) is 0 Å². The van der Waals surface area contributed by atoms with Gasteiger partial charge in [0.1, 0.15) is 0 Å².